The fourth-order valence-corrected chi connectivity index (χ4v) is 3.31. The van der Waals surface area contributed by atoms with E-state index in [1.54, 1.807) is 0 Å². The molecule has 2 fully saturated rings. The largest absolute Gasteiger partial charge is 0.385 e. The van der Waals surface area contributed by atoms with E-state index < -0.39 is 24.9 Å². The Kier molecular flexibility index (Phi) is 121. The minimum atomic E-state index is -0.917. The molecular formula is C32H62BFO3Y10-8. The van der Waals surface area contributed by atoms with Gasteiger partial charge < -0.3 is 76.0 Å². The molecular weight excluding hydrogens is 1350 g/mol. The van der Waals surface area contributed by atoms with Crippen LogP contribution in [0.1, 0.15) is 76.5 Å². The zero-order valence-electron chi connectivity index (χ0n) is 31.5. The van der Waals surface area contributed by atoms with Crippen molar-refractivity contribution >= 4 is 7.85 Å². The van der Waals surface area contributed by atoms with Gasteiger partial charge in [-0.3, -0.25) is 4.39 Å². The third-order valence-corrected chi connectivity index (χ3v) is 5.94. The Morgan fingerprint density at radius 2 is 1.15 bits per heavy atom. The van der Waals surface area contributed by atoms with Gasteiger partial charge in [0.1, 0.15) is 14.1 Å². The Bertz CT molecular complexity index is 545. The van der Waals surface area contributed by atoms with E-state index >= 15 is 0 Å². The molecule has 0 N–H and O–H groups in total. The Balaban J connectivity index is -0.0000000337. The van der Waals surface area contributed by atoms with Crippen molar-refractivity contribution in [3.8, 4) is 0 Å². The van der Waals surface area contributed by atoms with Crippen molar-refractivity contribution in [3.05, 3.63) is 55.9 Å². The molecule has 2 saturated heterocycles. The second-order valence-electron chi connectivity index (χ2n) is 10.2. The van der Waals surface area contributed by atoms with E-state index in [1.807, 2.05) is 13.8 Å². The summed E-state index contributed by atoms with van der Waals surface area (Å²) >= 11 is 0. The van der Waals surface area contributed by atoms with Gasteiger partial charge in [0.2, 0.25) is 0 Å². The zero-order chi connectivity index (χ0) is 28.7. The van der Waals surface area contributed by atoms with Crippen LogP contribution in [-0.2, 0) is 341 Å². The summed E-state index contributed by atoms with van der Waals surface area (Å²) < 4.78 is 36.9. The quantitative estimate of drug-likeness (QED) is 0.205. The average molecular weight is 1410 g/mol. The summed E-state index contributed by atoms with van der Waals surface area (Å²) in [5.41, 5.74) is 0. The van der Waals surface area contributed by atoms with Crippen molar-refractivity contribution in [2.75, 3.05) is 6.61 Å². The molecule has 0 aromatic rings. The van der Waals surface area contributed by atoms with E-state index in [1.165, 1.54) is 13.3 Å². The standard InChI is InChI=1S/C18H30BO3.C5H11.C4H8.C3H6F.CH4.CH3.10Y/c1-7-16-13(5)12(4)14(6)18(22-16)20-9-15-8-10(2)11(3)17(19)21-15;1-4-5(2)3;1-4(2)3;1-3(2)4;;;;;;;;;;;;/h10-18H,3-4,6-9H2,1-2,5H3;5H,2,4H2,1,3H3;4H,1-2H2,3H3;3H,1H2,2H3;1H4;1H3;;;;;;;;;;/q-3;-1;-2;-1;;-1;;;;;;;;;;/t10-,11?,12-,13-,14?,15?,16?,17-,18+;5-;;3-;;;;;;;;;;;;/m00.0............/s1/i8D;;;;;;;;;;;;;;;/t8-,10-,11?,12-,13-,14?,15?,16?,17-,18+;;;;;;;;;;;;;;;. The van der Waals surface area contributed by atoms with Crippen LogP contribution < -0.4 is 0 Å². The first kappa shape index (κ1) is 93.0. The van der Waals surface area contributed by atoms with Crippen LogP contribution in [0.25, 0.3) is 0 Å². The minimum absolute atomic E-state index is 0. The topological polar surface area (TPSA) is 27.7 Å². The van der Waals surface area contributed by atoms with Crippen LogP contribution >= 0.6 is 0 Å². The number of halogens is 1. The Morgan fingerprint density at radius 3 is 1.45 bits per heavy atom. The number of hydrogen-bond acceptors (Lipinski definition) is 3. The summed E-state index contributed by atoms with van der Waals surface area (Å²) in [5, 5.41) is 0. The van der Waals surface area contributed by atoms with Crippen molar-refractivity contribution in [1.29, 1.82) is 0 Å². The molecule has 0 amide bonds. The molecule has 0 aromatic carbocycles. The number of ether oxygens (including phenoxy) is 3. The van der Waals surface area contributed by atoms with Gasteiger partial charge >= 0.3 is 0 Å². The van der Waals surface area contributed by atoms with Crippen LogP contribution in [0.2, 0.25) is 0 Å². The Hall–Kier alpha value is 10.9. The molecule has 2 heterocycles. The fourth-order valence-electron chi connectivity index (χ4n) is 3.31. The summed E-state index contributed by atoms with van der Waals surface area (Å²) in [6.07, 6.45) is 0.159. The van der Waals surface area contributed by atoms with Crippen LogP contribution in [0.3, 0.4) is 0 Å². The molecule has 15 heteroatoms. The van der Waals surface area contributed by atoms with Gasteiger partial charge in [-0.2, -0.15) is 11.8 Å². The molecule has 0 bridgehead atoms. The van der Waals surface area contributed by atoms with Gasteiger partial charge in [0, 0.05) is 328 Å². The first-order valence-corrected chi connectivity index (χ1v) is 13.1. The molecule has 12 radical (unpaired) electrons. The number of hydrogen-bond donors (Lipinski definition) is 0. The van der Waals surface area contributed by atoms with Crippen LogP contribution in [0.4, 0.5) is 4.39 Å². The molecule has 2 aliphatic rings. The van der Waals surface area contributed by atoms with Gasteiger partial charge in [-0.15, -0.1) is 18.8 Å². The van der Waals surface area contributed by atoms with E-state index in [4.69, 9.17) is 23.4 Å². The van der Waals surface area contributed by atoms with Crippen molar-refractivity contribution in [2.45, 2.75) is 106 Å². The van der Waals surface area contributed by atoms with Crippen molar-refractivity contribution in [3.63, 3.8) is 0 Å². The molecule has 0 aliphatic carbocycles. The third kappa shape index (κ3) is 54.9. The SMILES string of the molecule is C.[2H][C@@H]1C(CO[C@@H]2OC(CC)[C@@H](C)[C@H]([CH2-])C2[CH2-])O[C@H]([B])C([CH2-])[C@H]1C.[CH2-]C([CH2-])C.[CH2-][C@@H](C)CC.[CH2-][C@@H](C)F.[CH3-].[Y].[Y].[Y].[Y].[Y].[Y].[Y].[Y].[Y].[Y]. The summed E-state index contributed by atoms with van der Waals surface area (Å²) in [6.45, 7) is 40.3. The Morgan fingerprint density at radius 1 is 0.809 bits per heavy atom. The second-order valence-corrected chi connectivity index (χ2v) is 10.2. The van der Waals surface area contributed by atoms with Crippen molar-refractivity contribution in [2.24, 2.45) is 41.4 Å². The number of alkyl halides is 1. The van der Waals surface area contributed by atoms with E-state index in [0.29, 0.717) is 17.8 Å². The molecule has 47 heavy (non-hydrogen) atoms. The molecule has 4 unspecified atom stereocenters. The minimum Gasteiger partial charge on any atom is -0.385 e. The maximum atomic E-state index is 10.9. The normalized spacial score (nSPS) is 29.0. The predicted molar refractivity (Wildman–Crippen MR) is 163 cm³/mol. The van der Waals surface area contributed by atoms with Crippen molar-refractivity contribution in [1.82, 2.24) is 0 Å². The summed E-state index contributed by atoms with van der Waals surface area (Å²) in [7, 11) is 5.96. The van der Waals surface area contributed by atoms with Crippen molar-refractivity contribution < 1.29 is 347 Å². The number of rotatable bonds is 5. The zero-order valence-corrected chi connectivity index (χ0v) is 58.9. The molecule has 0 spiro atoms. The predicted octanol–water partition coefficient (Wildman–Crippen LogP) is 8.44. The van der Waals surface area contributed by atoms with Crippen LogP contribution in [0.5, 0.6) is 0 Å². The van der Waals surface area contributed by atoms with Gasteiger partial charge in [0.15, 0.2) is 0 Å². The van der Waals surface area contributed by atoms with E-state index in [2.05, 4.69) is 76.2 Å². The smallest absolute Gasteiger partial charge is 0.131 e. The average Bonchev–Trinajstić information content (AvgIpc) is 2.78. The second kappa shape index (κ2) is 61.2. The van der Waals surface area contributed by atoms with E-state index in [0.717, 1.165) is 6.42 Å². The molecule has 2 rings (SSSR count). The van der Waals surface area contributed by atoms with E-state index in [-0.39, 0.29) is 384 Å². The first-order valence-electron chi connectivity index (χ1n) is 13.6. The van der Waals surface area contributed by atoms with Crippen LogP contribution in [0.15, 0.2) is 0 Å². The molecule has 0 aromatic heterocycles. The van der Waals surface area contributed by atoms with E-state index in [9.17, 15) is 4.39 Å². The summed E-state index contributed by atoms with van der Waals surface area (Å²) in [6, 6.07) is -0.452. The molecule has 3 nitrogen and oxygen atoms in total. The molecule has 0 saturated carbocycles. The van der Waals surface area contributed by atoms with Gasteiger partial charge in [-0.05, 0) is 30.9 Å². The van der Waals surface area contributed by atoms with Gasteiger partial charge in [-0.1, -0.05) is 61.3 Å². The van der Waals surface area contributed by atoms with Gasteiger partial charge in [0.25, 0.3) is 0 Å². The summed E-state index contributed by atoms with van der Waals surface area (Å²) in [5.74, 6) is 1.47. The Labute approximate surface area is 551 Å². The monoisotopic (exact) mass is 1410 g/mol. The van der Waals surface area contributed by atoms with Crippen LogP contribution in [-0.4, -0.2) is 45.1 Å². The molecule has 12 atom stereocenters. The van der Waals surface area contributed by atoms with Gasteiger partial charge in [-0.25, -0.2) is 0 Å². The maximum absolute atomic E-state index is 10.9. The molecule has 256 valence electrons. The molecule has 2 aliphatic heterocycles. The van der Waals surface area contributed by atoms with Gasteiger partial charge in [0.05, 0.1) is 18.8 Å². The summed E-state index contributed by atoms with van der Waals surface area (Å²) in [4.78, 5) is 0. The fraction of sp³-hybridized carbons (Fsp3) is 0.750. The maximum Gasteiger partial charge on any atom is 0.131 e. The first-order chi connectivity index (χ1) is 16.5. The third-order valence-electron chi connectivity index (χ3n) is 5.94. The van der Waals surface area contributed by atoms with Crippen LogP contribution in [0, 0.1) is 97.3 Å².